The van der Waals surface area contributed by atoms with E-state index in [9.17, 15) is 0 Å². The Morgan fingerprint density at radius 3 is 1.22 bits per heavy atom. The van der Waals surface area contributed by atoms with Gasteiger partial charge in [0.15, 0.2) is 0 Å². The van der Waals surface area contributed by atoms with E-state index in [1.807, 2.05) is 0 Å². The molecule has 0 unspecified atom stereocenters. The monoisotopic (exact) mass is 244 g/mol. The first-order valence-electron chi connectivity index (χ1n) is 1.11. The average molecular weight is 245 g/mol. The summed E-state index contributed by atoms with van der Waals surface area (Å²) in [4.78, 5) is 0. The maximum absolute atomic E-state index is 8.52. The van der Waals surface area contributed by atoms with Crippen molar-refractivity contribution in [2.75, 3.05) is 0 Å². The van der Waals surface area contributed by atoms with Gasteiger partial charge in [-0.25, -0.2) is 0 Å². The predicted octanol–water partition coefficient (Wildman–Crippen LogP) is -6.18. The Morgan fingerprint density at radius 2 is 1.22 bits per heavy atom. The van der Waals surface area contributed by atoms with Gasteiger partial charge in [0.05, 0.1) is 0 Å². The fourth-order valence-corrected chi connectivity index (χ4v) is 0. The second-order valence-electron chi connectivity index (χ2n) is 0.472. The first-order valence-corrected chi connectivity index (χ1v) is 3.46. The Labute approximate surface area is 105 Å². The average Bonchev–Trinajstić information content (AvgIpc) is 1.25. The molecule has 0 saturated heterocycles. The molecule has 0 heterocycles. The molecule has 0 aromatic rings. The summed E-state index contributed by atoms with van der Waals surface area (Å²) in [7, 11) is 0. The minimum Gasteiger partial charge on any atom is -0.473 e. The van der Waals surface area contributed by atoms with Crippen LogP contribution in [0.1, 0.15) is 0 Å². The van der Waals surface area contributed by atoms with Gasteiger partial charge in [-0.05, 0) is 0 Å². The van der Waals surface area contributed by atoms with Crippen LogP contribution in [0.15, 0.2) is 0 Å². The van der Waals surface area contributed by atoms with Gasteiger partial charge in [-0.3, -0.25) is 0 Å². The van der Waals surface area contributed by atoms with Crippen molar-refractivity contribution in [2.24, 2.45) is 0 Å². The summed E-state index contributed by atoms with van der Waals surface area (Å²) in [6, 6.07) is 0. The molecule has 0 aliphatic rings. The van der Waals surface area contributed by atoms with Gasteiger partial charge in [-0.15, -0.1) is 0 Å². The Bertz CT molecular complexity index is 61.2. The maximum Gasteiger partial charge on any atom is 1.00 e. The van der Waals surface area contributed by atoms with Crippen molar-refractivity contribution >= 4 is 17.5 Å². The normalized spacial score (nSPS) is 6.67. The quantitative estimate of drug-likeness (QED) is 0.324. The van der Waals surface area contributed by atoms with E-state index in [1.165, 1.54) is 0 Å². The van der Waals surface area contributed by atoms with Gasteiger partial charge in [0.25, 0.3) is 0 Å². The van der Waals surface area contributed by atoms with Crippen LogP contribution >= 0.6 is 12.2 Å². The molecule has 9 heavy (non-hydrogen) atoms. The number of hydrogen-bond donors (Lipinski definition) is 2. The van der Waals surface area contributed by atoms with E-state index in [4.69, 9.17) is 22.8 Å². The molecule has 0 aliphatic heterocycles. The molecule has 2 N–H and O–H groups in total. The third-order valence-electron chi connectivity index (χ3n) is 0. The van der Waals surface area contributed by atoms with E-state index in [0.717, 1.165) is 0 Å². The number of thiocarbonyl (C=S) groups is 1. The molecular formula is CH2BrKO5S. The van der Waals surface area contributed by atoms with E-state index in [2.05, 4.69) is 12.2 Å². The van der Waals surface area contributed by atoms with Crippen LogP contribution in [0.2, 0.25) is 0 Å². The molecule has 0 amide bonds. The molecule has 0 aromatic carbocycles. The zero-order valence-corrected chi connectivity index (χ0v) is 9.93. The number of aliphatic hydroxyl groups excluding tert-OH is 1. The van der Waals surface area contributed by atoms with Crippen LogP contribution in [0.3, 0.4) is 0 Å². The molecular weight excluding hydrogens is 243 g/mol. The van der Waals surface area contributed by atoms with Crippen LogP contribution in [-0.2, 0) is 0 Å². The van der Waals surface area contributed by atoms with Crippen LogP contribution in [0.25, 0.3) is 0 Å². The van der Waals surface area contributed by atoms with E-state index in [-0.39, 0.29) is 51.4 Å². The fraction of sp³-hybridized carbons (Fsp3) is 0. The number of aliphatic hydroxyl groups is 2. The first-order chi connectivity index (χ1) is 3.46. The van der Waals surface area contributed by atoms with Gasteiger partial charge in [0, 0.05) is 12.2 Å². The molecule has 0 fully saturated rings. The third-order valence-corrected chi connectivity index (χ3v) is 0. The van der Waals surface area contributed by atoms with Crippen LogP contribution in [0.5, 0.6) is 0 Å². The molecule has 0 atom stereocenters. The van der Waals surface area contributed by atoms with Crippen molar-refractivity contribution < 1.29 is 89.0 Å². The summed E-state index contributed by atoms with van der Waals surface area (Å²) < 4.78 is 25.6. The van der Waals surface area contributed by atoms with Gasteiger partial charge in [0.2, 0.25) is 14.8 Å². The fourth-order valence-electron chi connectivity index (χ4n) is 0. The van der Waals surface area contributed by atoms with E-state index in [0.29, 0.717) is 0 Å². The topological polar surface area (TPSA) is 110 Å². The standard InChI is InChI=1S/CH2O2S.BrO3.K/c2*2-1(3)4;/h(H2,2,3,4);;/q;-1;+1. The smallest absolute Gasteiger partial charge is 0.473 e. The second-order valence-corrected chi connectivity index (χ2v) is 1.63. The van der Waals surface area contributed by atoms with Crippen molar-refractivity contribution in [1.82, 2.24) is 0 Å². The van der Waals surface area contributed by atoms with Gasteiger partial charge in [-0.1, -0.05) is 0 Å². The molecule has 5 nitrogen and oxygen atoms in total. The summed E-state index contributed by atoms with van der Waals surface area (Å²) in [6.07, 6.45) is 0. The SMILES string of the molecule is OC(O)=S.[K+].[O-][Br+2]([O-])[O-]. The Hall–Kier alpha value is 1.69. The molecule has 0 aromatic heterocycles. The van der Waals surface area contributed by atoms with E-state index < -0.39 is 20.0 Å². The van der Waals surface area contributed by atoms with Gasteiger partial charge in [-0.2, -0.15) is 0 Å². The Kier molecular flexibility index (Phi) is 23.3. The summed E-state index contributed by atoms with van der Waals surface area (Å²) in [5.74, 6) is 0. The minimum atomic E-state index is -3.65. The van der Waals surface area contributed by atoms with Crippen molar-refractivity contribution in [1.29, 1.82) is 0 Å². The summed E-state index contributed by atoms with van der Waals surface area (Å²) >= 11 is 0.00231. The second kappa shape index (κ2) is 12.4. The number of rotatable bonds is 0. The maximum atomic E-state index is 8.52. The van der Waals surface area contributed by atoms with E-state index in [1.54, 1.807) is 0 Å². The zero-order chi connectivity index (χ0) is 7.15. The molecule has 50 valence electrons. The van der Waals surface area contributed by atoms with Crippen molar-refractivity contribution in [2.45, 2.75) is 0 Å². The molecule has 0 bridgehead atoms. The predicted molar refractivity (Wildman–Crippen MR) is 17.9 cm³/mol. The van der Waals surface area contributed by atoms with E-state index >= 15 is 0 Å². The van der Waals surface area contributed by atoms with Crippen LogP contribution in [-0.4, -0.2) is 15.4 Å². The van der Waals surface area contributed by atoms with Gasteiger partial charge < -0.3 is 22.8 Å². The Morgan fingerprint density at radius 1 is 1.22 bits per heavy atom. The summed E-state index contributed by atoms with van der Waals surface area (Å²) in [6.45, 7) is 0. The molecule has 0 rings (SSSR count). The number of halogens is 1. The molecule has 8 heteroatoms. The van der Waals surface area contributed by atoms with Gasteiger partial charge >= 0.3 is 56.6 Å². The first kappa shape index (κ1) is 17.0. The van der Waals surface area contributed by atoms with Crippen LogP contribution < -0.4 is 64.0 Å². The van der Waals surface area contributed by atoms with Gasteiger partial charge in [0.1, 0.15) is 0 Å². The zero-order valence-electron chi connectivity index (χ0n) is 4.41. The molecule has 0 radical (unpaired) electrons. The molecule has 0 spiro atoms. The minimum absolute atomic E-state index is 0. The molecule has 0 saturated carbocycles. The Balaban J connectivity index is -0.0000000720. The summed E-state index contributed by atoms with van der Waals surface area (Å²) in [5, 5.41) is 13.7. The van der Waals surface area contributed by atoms with Crippen LogP contribution in [0.4, 0.5) is 0 Å². The van der Waals surface area contributed by atoms with Crippen molar-refractivity contribution in [3.8, 4) is 0 Å². The summed E-state index contributed by atoms with van der Waals surface area (Å²) in [5.41, 5.74) is 0. The largest absolute Gasteiger partial charge is 1.00 e. The van der Waals surface area contributed by atoms with Crippen LogP contribution in [0, 0.1) is 14.8 Å². The third kappa shape index (κ3) is 201. The van der Waals surface area contributed by atoms with Crippen molar-refractivity contribution in [3.05, 3.63) is 0 Å². The number of hydrogen-bond acceptors (Lipinski definition) is 4. The van der Waals surface area contributed by atoms with Crippen molar-refractivity contribution in [3.63, 3.8) is 0 Å². The molecule has 0 aliphatic carbocycles.